The van der Waals surface area contributed by atoms with Gasteiger partial charge in [0.25, 0.3) is 5.56 Å². The molecule has 0 amide bonds. The number of nitrogens with zero attached hydrogens (tertiary/aromatic N) is 4. The Morgan fingerprint density at radius 1 is 1.00 bits per heavy atom. The topological polar surface area (TPSA) is 52.2 Å². The van der Waals surface area contributed by atoms with Crippen molar-refractivity contribution in [3.05, 3.63) is 64.4 Å². The first-order valence-corrected chi connectivity index (χ1v) is 9.84. The highest BCUT2D eigenvalue weighted by Gasteiger charge is 2.17. The summed E-state index contributed by atoms with van der Waals surface area (Å²) in [6.07, 6.45) is 2.01. The number of thioether (sulfide) groups is 1. The minimum absolute atomic E-state index is 0.0724. The monoisotopic (exact) mass is 364 g/mol. The Kier molecular flexibility index (Phi) is 4.51. The molecule has 6 heteroatoms. The molecule has 0 N–H and O–H groups in total. The smallest absolute Gasteiger partial charge is 0.267 e. The molecule has 0 fully saturated rings. The highest BCUT2D eigenvalue weighted by Crippen LogP contribution is 2.23. The van der Waals surface area contributed by atoms with Crippen molar-refractivity contribution in [1.29, 1.82) is 0 Å². The van der Waals surface area contributed by atoms with Crippen LogP contribution in [0.3, 0.4) is 0 Å². The molecular formula is C20H20N4OS. The zero-order valence-electron chi connectivity index (χ0n) is 14.8. The van der Waals surface area contributed by atoms with E-state index in [1.165, 1.54) is 5.56 Å². The largest absolute Gasteiger partial charge is 0.268 e. The lowest BCUT2D eigenvalue weighted by molar-refractivity contribution is 0.927. The van der Waals surface area contributed by atoms with Crippen LogP contribution in [0.5, 0.6) is 0 Å². The molecule has 0 aliphatic carbocycles. The van der Waals surface area contributed by atoms with Crippen LogP contribution >= 0.6 is 11.8 Å². The average Bonchev–Trinajstić information content (AvgIpc) is 3.11. The number of fused-ring (bicyclic) bond motifs is 3. The lowest BCUT2D eigenvalue weighted by Gasteiger charge is -2.11. The van der Waals surface area contributed by atoms with Crippen LogP contribution in [0, 0.1) is 0 Å². The number of benzene rings is 2. The standard InChI is InChI=1S/C20H20N4OS/c1-3-13-26-20-22-21-19-23(15-11-9-14(4-2)10-12-15)18(25)16-7-5-6-8-17(16)24(19)20/h5-12H,3-4,13H2,1-2H3. The fourth-order valence-electron chi connectivity index (χ4n) is 3.08. The Morgan fingerprint density at radius 3 is 2.50 bits per heavy atom. The summed E-state index contributed by atoms with van der Waals surface area (Å²) in [6.45, 7) is 4.25. The van der Waals surface area contributed by atoms with Gasteiger partial charge in [-0.1, -0.05) is 49.9 Å². The molecule has 26 heavy (non-hydrogen) atoms. The van der Waals surface area contributed by atoms with Crippen LogP contribution in [0.4, 0.5) is 0 Å². The molecule has 2 aromatic carbocycles. The molecule has 132 valence electrons. The molecule has 2 heterocycles. The number of hydrogen-bond acceptors (Lipinski definition) is 4. The Bertz CT molecular complexity index is 1130. The van der Waals surface area contributed by atoms with E-state index in [0.29, 0.717) is 11.2 Å². The molecule has 4 rings (SSSR count). The second-order valence-corrected chi connectivity index (χ2v) is 7.21. The maximum absolute atomic E-state index is 13.2. The van der Waals surface area contributed by atoms with Gasteiger partial charge in [0, 0.05) is 5.75 Å². The summed E-state index contributed by atoms with van der Waals surface area (Å²) in [4.78, 5) is 13.2. The summed E-state index contributed by atoms with van der Waals surface area (Å²) in [6, 6.07) is 15.7. The van der Waals surface area contributed by atoms with Crippen LogP contribution in [0.2, 0.25) is 0 Å². The van der Waals surface area contributed by atoms with Gasteiger partial charge < -0.3 is 0 Å². The summed E-state index contributed by atoms with van der Waals surface area (Å²) in [5.41, 5.74) is 2.82. The van der Waals surface area contributed by atoms with Gasteiger partial charge in [-0.15, -0.1) is 10.2 Å². The zero-order valence-corrected chi connectivity index (χ0v) is 15.7. The normalized spacial score (nSPS) is 11.5. The summed E-state index contributed by atoms with van der Waals surface area (Å²) in [7, 11) is 0. The molecule has 0 aliphatic heterocycles. The van der Waals surface area contributed by atoms with E-state index in [1.807, 2.05) is 40.8 Å². The van der Waals surface area contributed by atoms with Crippen LogP contribution in [-0.4, -0.2) is 24.9 Å². The molecule has 0 radical (unpaired) electrons. The van der Waals surface area contributed by atoms with E-state index >= 15 is 0 Å². The van der Waals surface area contributed by atoms with E-state index in [4.69, 9.17) is 0 Å². The highest BCUT2D eigenvalue weighted by molar-refractivity contribution is 7.99. The molecule has 4 aromatic rings. The van der Waals surface area contributed by atoms with Gasteiger partial charge in [0.15, 0.2) is 5.16 Å². The van der Waals surface area contributed by atoms with Crippen molar-refractivity contribution in [3.8, 4) is 5.69 Å². The summed E-state index contributed by atoms with van der Waals surface area (Å²) in [5, 5.41) is 10.2. The number of rotatable bonds is 5. The molecule has 0 unspecified atom stereocenters. The van der Waals surface area contributed by atoms with E-state index in [2.05, 4.69) is 36.2 Å². The van der Waals surface area contributed by atoms with E-state index in [-0.39, 0.29) is 5.56 Å². The molecule has 5 nitrogen and oxygen atoms in total. The van der Waals surface area contributed by atoms with Crippen LogP contribution in [0.25, 0.3) is 22.4 Å². The van der Waals surface area contributed by atoms with Crippen molar-refractivity contribution in [2.24, 2.45) is 0 Å². The van der Waals surface area contributed by atoms with E-state index in [0.717, 1.165) is 35.0 Å². The second-order valence-electron chi connectivity index (χ2n) is 6.14. The SMILES string of the molecule is CCCSc1nnc2n(-c3ccc(CC)cc3)c(=O)c3ccccc3n12. The molecule has 0 atom stereocenters. The fourth-order valence-corrected chi connectivity index (χ4v) is 3.87. The van der Waals surface area contributed by atoms with Gasteiger partial charge in [-0.05, 0) is 42.7 Å². The van der Waals surface area contributed by atoms with Gasteiger partial charge in [-0.3, -0.25) is 9.20 Å². The predicted octanol–water partition coefficient (Wildman–Crippen LogP) is 4.10. The Balaban J connectivity index is 2.06. The quantitative estimate of drug-likeness (QED) is 0.500. The predicted molar refractivity (Wildman–Crippen MR) is 106 cm³/mol. The number of aromatic nitrogens is 4. The first-order valence-electron chi connectivity index (χ1n) is 8.85. The molecular weight excluding hydrogens is 344 g/mol. The number of para-hydroxylation sites is 1. The first-order chi connectivity index (χ1) is 12.7. The third-order valence-corrected chi connectivity index (χ3v) is 5.57. The summed E-state index contributed by atoms with van der Waals surface area (Å²) >= 11 is 1.66. The lowest BCUT2D eigenvalue weighted by atomic mass is 10.1. The summed E-state index contributed by atoms with van der Waals surface area (Å²) < 4.78 is 3.65. The van der Waals surface area contributed by atoms with Crippen molar-refractivity contribution in [3.63, 3.8) is 0 Å². The molecule has 0 spiro atoms. The van der Waals surface area contributed by atoms with Crippen LogP contribution in [-0.2, 0) is 6.42 Å². The zero-order chi connectivity index (χ0) is 18.1. The second kappa shape index (κ2) is 6.96. The third-order valence-electron chi connectivity index (χ3n) is 4.43. The van der Waals surface area contributed by atoms with Crippen molar-refractivity contribution >= 4 is 28.4 Å². The first kappa shape index (κ1) is 16.8. The van der Waals surface area contributed by atoms with Gasteiger partial charge in [0.1, 0.15) is 0 Å². The Morgan fingerprint density at radius 2 is 1.77 bits per heavy atom. The van der Waals surface area contributed by atoms with Crippen LogP contribution in [0.15, 0.2) is 58.5 Å². The van der Waals surface area contributed by atoms with E-state index in [9.17, 15) is 4.79 Å². The van der Waals surface area contributed by atoms with Crippen molar-refractivity contribution in [2.75, 3.05) is 5.75 Å². The van der Waals surface area contributed by atoms with Gasteiger partial charge >= 0.3 is 0 Å². The molecule has 0 saturated carbocycles. The van der Waals surface area contributed by atoms with Crippen molar-refractivity contribution in [1.82, 2.24) is 19.2 Å². The molecule has 0 bridgehead atoms. The van der Waals surface area contributed by atoms with Gasteiger partial charge in [0.05, 0.1) is 16.6 Å². The highest BCUT2D eigenvalue weighted by atomic mass is 32.2. The fraction of sp³-hybridized carbons (Fsp3) is 0.250. The maximum Gasteiger partial charge on any atom is 0.267 e. The van der Waals surface area contributed by atoms with Crippen LogP contribution in [0.1, 0.15) is 25.8 Å². The van der Waals surface area contributed by atoms with E-state index in [1.54, 1.807) is 16.3 Å². The molecule has 2 aromatic heterocycles. The van der Waals surface area contributed by atoms with Crippen molar-refractivity contribution in [2.45, 2.75) is 31.8 Å². The van der Waals surface area contributed by atoms with Gasteiger partial charge in [-0.2, -0.15) is 0 Å². The number of hydrogen-bond donors (Lipinski definition) is 0. The minimum atomic E-state index is -0.0724. The van der Waals surface area contributed by atoms with E-state index < -0.39 is 0 Å². The third kappa shape index (κ3) is 2.70. The van der Waals surface area contributed by atoms with Crippen molar-refractivity contribution < 1.29 is 0 Å². The molecule has 0 aliphatic rings. The maximum atomic E-state index is 13.2. The Hall–Kier alpha value is -2.60. The Labute approximate surface area is 155 Å². The minimum Gasteiger partial charge on any atom is -0.268 e. The number of aryl methyl sites for hydroxylation is 1. The van der Waals surface area contributed by atoms with Gasteiger partial charge in [-0.25, -0.2) is 4.57 Å². The summed E-state index contributed by atoms with van der Waals surface area (Å²) in [5.74, 6) is 1.51. The average molecular weight is 364 g/mol. The molecule has 0 saturated heterocycles. The lowest BCUT2D eigenvalue weighted by Crippen LogP contribution is -2.21. The van der Waals surface area contributed by atoms with Gasteiger partial charge in [0.2, 0.25) is 5.78 Å². The van der Waals surface area contributed by atoms with Crippen LogP contribution < -0.4 is 5.56 Å².